The summed E-state index contributed by atoms with van der Waals surface area (Å²) < 4.78 is 37.0. The van der Waals surface area contributed by atoms with Gasteiger partial charge in [0.2, 0.25) is 10.0 Å². The van der Waals surface area contributed by atoms with E-state index in [-0.39, 0.29) is 30.4 Å². The molecule has 10 heteroatoms. The maximum Gasteiger partial charge on any atom is 0.307 e. The van der Waals surface area contributed by atoms with Gasteiger partial charge in [-0.1, -0.05) is 0 Å². The molecule has 0 unspecified atom stereocenters. The van der Waals surface area contributed by atoms with Gasteiger partial charge in [0.25, 0.3) is 5.91 Å². The van der Waals surface area contributed by atoms with E-state index in [9.17, 15) is 18.0 Å². The smallest absolute Gasteiger partial charge is 0.307 e. The first-order valence-electron chi connectivity index (χ1n) is 8.95. The Kier molecular flexibility index (Phi) is 8.62. The second kappa shape index (κ2) is 10.9. The molecule has 0 fully saturated rings. The van der Waals surface area contributed by atoms with E-state index in [0.717, 1.165) is 5.56 Å². The molecule has 1 heterocycles. The molecule has 8 nitrogen and oxygen atoms in total. The van der Waals surface area contributed by atoms with Crippen molar-refractivity contribution in [2.24, 2.45) is 0 Å². The number of hydrogen-bond donors (Lipinski definition) is 1. The first-order chi connectivity index (χ1) is 13.8. The van der Waals surface area contributed by atoms with E-state index in [4.69, 9.17) is 9.47 Å². The Bertz CT molecular complexity index is 895. The number of hydrogen-bond acceptors (Lipinski definition) is 7. The molecular formula is C19H24N2O6S2. The lowest BCUT2D eigenvalue weighted by Gasteiger charge is -2.16. The number of nitrogens with one attached hydrogen (secondary N) is 1. The van der Waals surface area contributed by atoms with Crippen LogP contribution in [-0.4, -0.2) is 52.0 Å². The van der Waals surface area contributed by atoms with Crippen LogP contribution in [0.15, 0.2) is 46.0 Å². The second-order valence-corrected chi connectivity index (χ2v) is 8.64. The Morgan fingerprint density at radius 1 is 1.17 bits per heavy atom. The van der Waals surface area contributed by atoms with Crippen LogP contribution in [0.3, 0.4) is 0 Å². The van der Waals surface area contributed by atoms with Crippen molar-refractivity contribution in [2.45, 2.75) is 24.8 Å². The number of sulfonamides is 1. The van der Waals surface area contributed by atoms with Crippen molar-refractivity contribution in [1.82, 2.24) is 9.62 Å². The average Bonchev–Trinajstić information content (AvgIpc) is 3.19. The maximum absolute atomic E-state index is 12.2. The molecule has 1 aromatic heterocycles. The number of nitrogens with zero attached hydrogens (tertiary/aromatic N) is 1. The number of benzene rings is 1. The third-order valence-electron chi connectivity index (χ3n) is 3.85. The number of thiophene rings is 1. The van der Waals surface area contributed by atoms with E-state index >= 15 is 0 Å². The number of amides is 1. The second-order valence-electron chi connectivity index (χ2n) is 6.09. The van der Waals surface area contributed by atoms with Crippen LogP contribution in [0.5, 0.6) is 5.75 Å². The Balaban J connectivity index is 1.72. The lowest BCUT2D eigenvalue weighted by Crippen LogP contribution is -2.31. The monoisotopic (exact) mass is 440 g/mol. The molecule has 0 saturated heterocycles. The van der Waals surface area contributed by atoms with Crippen LogP contribution in [-0.2, 0) is 30.9 Å². The Morgan fingerprint density at radius 2 is 1.90 bits per heavy atom. The van der Waals surface area contributed by atoms with Crippen molar-refractivity contribution in [3.8, 4) is 5.75 Å². The van der Waals surface area contributed by atoms with Gasteiger partial charge in [-0.25, -0.2) is 13.1 Å². The van der Waals surface area contributed by atoms with Gasteiger partial charge in [-0.15, -0.1) is 0 Å². The maximum atomic E-state index is 12.2. The van der Waals surface area contributed by atoms with Crippen LogP contribution in [0.4, 0.5) is 0 Å². The molecule has 158 valence electrons. The van der Waals surface area contributed by atoms with Gasteiger partial charge >= 0.3 is 5.97 Å². The van der Waals surface area contributed by atoms with Gasteiger partial charge in [-0.2, -0.15) is 11.3 Å². The summed E-state index contributed by atoms with van der Waals surface area (Å²) in [5.41, 5.74) is 1.00. The fourth-order valence-corrected chi connectivity index (χ4v) is 4.01. The Morgan fingerprint density at radius 3 is 2.52 bits per heavy atom. The highest BCUT2D eigenvalue weighted by molar-refractivity contribution is 7.89. The summed E-state index contributed by atoms with van der Waals surface area (Å²) in [4.78, 5) is 25.3. The van der Waals surface area contributed by atoms with Gasteiger partial charge in [0, 0.05) is 20.1 Å². The zero-order valence-electron chi connectivity index (χ0n) is 16.3. The molecule has 0 aliphatic heterocycles. The molecule has 0 radical (unpaired) electrons. The summed E-state index contributed by atoms with van der Waals surface area (Å²) in [6, 6.07) is 7.88. The summed E-state index contributed by atoms with van der Waals surface area (Å²) in [5, 5.41) is 3.86. The molecule has 1 N–H and O–H groups in total. The number of esters is 1. The quantitative estimate of drug-likeness (QED) is 0.537. The van der Waals surface area contributed by atoms with Crippen molar-refractivity contribution >= 4 is 33.2 Å². The molecular weight excluding hydrogens is 416 g/mol. The predicted octanol–water partition coefficient (Wildman–Crippen LogP) is 2.02. The molecule has 0 spiro atoms. The van der Waals surface area contributed by atoms with Crippen molar-refractivity contribution in [3.63, 3.8) is 0 Å². The zero-order chi connectivity index (χ0) is 21.3. The number of rotatable bonds is 11. The number of carbonyl (C=O) groups excluding carboxylic acids is 2. The van der Waals surface area contributed by atoms with Crippen molar-refractivity contribution in [3.05, 3.63) is 46.7 Å². The van der Waals surface area contributed by atoms with Gasteiger partial charge in [0.05, 0.1) is 17.9 Å². The van der Waals surface area contributed by atoms with Crippen molar-refractivity contribution in [2.75, 3.05) is 26.8 Å². The first kappa shape index (κ1) is 22.9. The molecule has 0 saturated carbocycles. The van der Waals surface area contributed by atoms with E-state index in [1.807, 2.05) is 23.8 Å². The topological polar surface area (TPSA) is 102 Å². The van der Waals surface area contributed by atoms with Crippen LogP contribution in [0.2, 0.25) is 0 Å². The molecule has 0 bridgehead atoms. The van der Waals surface area contributed by atoms with Crippen molar-refractivity contribution < 1.29 is 27.5 Å². The normalized spacial score (nSPS) is 11.1. The number of ether oxygens (including phenoxy) is 2. The molecule has 0 aliphatic carbocycles. The summed E-state index contributed by atoms with van der Waals surface area (Å²) in [7, 11) is -2.13. The summed E-state index contributed by atoms with van der Waals surface area (Å²) in [5.74, 6) is -0.417. The molecule has 1 amide bonds. The third-order valence-corrected chi connectivity index (χ3v) is 6.06. The summed E-state index contributed by atoms with van der Waals surface area (Å²) in [6.07, 6.45) is -0.183. The minimum absolute atomic E-state index is 0.0690. The van der Waals surface area contributed by atoms with E-state index in [0.29, 0.717) is 18.9 Å². The van der Waals surface area contributed by atoms with Gasteiger partial charge in [0.1, 0.15) is 5.75 Å². The minimum Gasteiger partial charge on any atom is -0.494 e. The highest BCUT2D eigenvalue weighted by atomic mass is 32.2. The lowest BCUT2D eigenvalue weighted by molar-refractivity contribution is -0.151. The van der Waals surface area contributed by atoms with Gasteiger partial charge in [0.15, 0.2) is 6.61 Å². The van der Waals surface area contributed by atoms with Gasteiger partial charge < -0.3 is 14.4 Å². The molecule has 2 rings (SSSR count). The number of likely N-dealkylation sites (N-methyl/N-ethyl adjacent to an activating group) is 1. The molecule has 1 aromatic carbocycles. The van der Waals surface area contributed by atoms with Crippen LogP contribution >= 0.6 is 11.3 Å². The third kappa shape index (κ3) is 7.48. The predicted molar refractivity (Wildman–Crippen MR) is 109 cm³/mol. The fourth-order valence-electron chi connectivity index (χ4n) is 2.32. The first-order valence-corrected chi connectivity index (χ1v) is 11.4. The molecule has 29 heavy (non-hydrogen) atoms. The van der Waals surface area contributed by atoms with E-state index < -0.39 is 16.0 Å². The lowest BCUT2D eigenvalue weighted by atomic mass is 10.3. The number of carbonyl (C=O) groups is 2. The van der Waals surface area contributed by atoms with Crippen LogP contribution in [0.25, 0.3) is 0 Å². The fraction of sp³-hybridized carbons (Fsp3) is 0.368. The van der Waals surface area contributed by atoms with Gasteiger partial charge in [-0.3, -0.25) is 9.59 Å². The van der Waals surface area contributed by atoms with E-state index in [1.54, 1.807) is 19.2 Å². The Labute approximate surface area is 174 Å². The largest absolute Gasteiger partial charge is 0.494 e. The van der Waals surface area contributed by atoms with E-state index in [2.05, 4.69) is 4.72 Å². The SMILES string of the molecule is CCOc1ccc(S(=O)(=O)NCCC(=O)OCC(=O)N(C)Cc2ccsc2)cc1. The average molecular weight is 441 g/mol. The van der Waals surface area contributed by atoms with Crippen molar-refractivity contribution in [1.29, 1.82) is 0 Å². The minimum atomic E-state index is -3.75. The summed E-state index contributed by atoms with van der Waals surface area (Å²) in [6.45, 7) is 2.24. The summed E-state index contributed by atoms with van der Waals surface area (Å²) >= 11 is 1.54. The zero-order valence-corrected chi connectivity index (χ0v) is 17.9. The van der Waals surface area contributed by atoms with Crippen LogP contribution < -0.4 is 9.46 Å². The van der Waals surface area contributed by atoms with E-state index in [1.165, 1.54) is 28.4 Å². The molecule has 0 atom stereocenters. The highest BCUT2D eigenvalue weighted by Gasteiger charge is 2.16. The highest BCUT2D eigenvalue weighted by Crippen LogP contribution is 2.15. The van der Waals surface area contributed by atoms with Crippen LogP contribution in [0, 0.1) is 0 Å². The van der Waals surface area contributed by atoms with Gasteiger partial charge in [-0.05, 0) is 53.6 Å². The molecule has 2 aromatic rings. The van der Waals surface area contributed by atoms with Crippen LogP contribution in [0.1, 0.15) is 18.9 Å². The molecule has 0 aliphatic rings. The standard InChI is InChI=1S/C19H24N2O6S2/c1-3-26-16-4-6-17(7-5-16)29(24,25)20-10-8-19(23)27-13-18(22)21(2)12-15-9-11-28-14-15/h4-7,9,11,14,20H,3,8,10,12-13H2,1-2H3. The Hall–Kier alpha value is -2.43.